The van der Waals surface area contributed by atoms with E-state index in [9.17, 15) is 4.79 Å². The smallest absolute Gasteiger partial charge is 0.328 e. The first kappa shape index (κ1) is 10.3. The van der Waals surface area contributed by atoms with E-state index in [0.717, 1.165) is 15.5 Å². The lowest BCUT2D eigenvalue weighted by molar-refractivity contribution is -0.131. The van der Waals surface area contributed by atoms with Gasteiger partial charge in [0.25, 0.3) is 0 Å². The van der Waals surface area contributed by atoms with E-state index in [-0.39, 0.29) is 0 Å². The predicted molar refractivity (Wildman–Crippen MR) is 57.3 cm³/mol. The first-order chi connectivity index (χ1) is 6.18. The Labute approximate surface area is 88.2 Å². The maximum atomic E-state index is 10.1. The number of rotatable bonds is 4. The number of nitrogens with one attached hydrogen (secondary N) is 1. The van der Waals surface area contributed by atoms with E-state index in [1.807, 2.05) is 11.4 Å². The molecule has 0 aromatic carbocycles. The molecule has 0 saturated heterocycles. The molecule has 0 atom stereocenters. The third kappa shape index (κ3) is 4.10. The van der Waals surface area contributed by atoms with Gasteiger partial charge in [-0.3, -0.25) is 0 Å². The van der Waals surface area contributed by atoms with E-state index in [1.165, 1.54) is 0 Å². The minimum absolute atomic E-state index is 0.527. The lowest BCUT2D eigenvalue weighted by Gasteiger charge is -1.95. The fourth-order valence-electron chi connectivity index (χ4n) is 0.725. The maximum absolute atomic E-state index is 10.1. The molecule has 1 aromatic rings. The fourth-order valence-corrected chi connectivity index (χ4v) is 2.06. The zero-order valence-electron chi connectivity index (χ0n) is 6.66. The van der Waals surface area contributed by atoms with Gasteiger partial charge in [0.2, 0.25) is 0 Å². The summed E-state index contributed by atoms with van der Waals surface area (Å²) in [6.45, 7) is 0.527. The van der Waals surface area contributed by atoms with Gasteiger partial charge in [-0.1, -0.05) is 6.08 Å². The Kier molecular flexibility index (Phi) is 3.98. The van der Waals surface area contributed by atoms with E-state index in [4.69, 9.17) is 5.11 Å². The highest BCUT2D eigenvalue weighted by atomic mass is 79.9. The Bertz CT molecular complexity index is 322. The Morgan fingerprint density at radius 3 is 3.08 bits per heavy atom. The molecule has 0 aliphatic heterocycles. The molecule has 0 saturated carbocycles. The van der Waals surface area contributed by atoms with Crippen molar-refractivity contribution in [2.45, 2.75) is 0 Å². The quantitative estimate of drug-likeness (QED) is 0.820. The minimum Gasteiger partial charge on any atom is -0.478 e. The first-order valence-electron chi connectivity index (χ1n) is 3.56. The number of anilines is 1. The molecule has 0 aliphatic carbocycles. The van der Waals surface area contributed by atoms with Crippen molar-refractivity contribution in [1.29, 1.82) is 0 Å². The molecular weight excluding hydrogens is 254 g/mol. The van der Waals surface area contributed by atoms with Crippen LogP contribution in [0.2, 0.25) is 0 Å². The Morgan fingerprint density at radius 2 is 2.54 bits per heavy atom. The zero-order chi connectivity index (χ0) is 9.68. The van der Waals surface area contributed by atoms with Crippen molar-refractivity contribution < 1.29 is 9.90 Å². The summed E-state index contributed by atoms with van der Waals surface area (Å²) in [5.74, 6) is -0.922. The van der Waals surface area contributed by atoms with Gasteiger partial charge in [0, 0.05) is 22.5 Å². The van der Waals surface area contributed by atoms with Crippen molar-refractivity contribution in [2.75, 3.05) is 11.9 Å². The van der Waals surface area contributed by atoms with Crippen LogP contribution in [-0.4, -0.2) is 17.6 Å². The van der Waals surface area contributed by atoms with Gasteiger partial charge in [-0.2, -0.15) is 0 Å². The maximum Gasteiger partial charge on any atom is 0.328 e. The van der Waals surface area contributed by atoms with E-state index >= 15 is 0 Å². The molecule has 1 heterocycles. The summed E-state index contributed by atoms with van der Waals surface area (Å²) in [6, 6.07) is 1.94. The average molecular weight is 262 g/mol. The van der Waals surface area contributed by atoms with Crippen molar-refractivity contribution in [1.82, 2.24) is 0 Å². The zero-order valence-corrected chi connectivity index (χ0v) is 9.06. The fraction of sp³-hybridized carbons (Fsp3) is 0.125. The number of thiophene rings is 1. The van der Waals surface area contributed by atoms with Crippen LogP contribution in [0, 0.1) is 0 Å². The van der Waals surface area contributed by atoms with Crippen molar-refractivity contribution in [2.24, 2.45) is 0 Å². The van der Waals surface area contributed by atoms with Gasteiger partial charge in [-0.15, -0.1) is 11.3 Å². The van der Waals surface area contributed by atoms with Crippen molar-refractivity contribution >= 4 is 38.2 Å². The third-order valence-electron chi connectivity index (χ3n) is 1.22. The summed E-state index contributed by atoms with van der Waals surface area (Å²) in [6.07, 6.45) is 2.69. The summed E-state index contributed by atoms with van der Waals surface area (Å²) in [5.41, 5.74) is 0. The molecule has 0 amide bonds. The SMILES string of the molecule is O=C(O)/C=C/CNc1cc(Br)cs1. The van der Waals surface area contributed by atoms with Gasteiger partial charge in [-0.05, 0) is 22.0 Å². The predicted octanol–water partition coefficient (Wildman–Crippen LogP) is 2.56. The van der Waals surface area contributed by atoms with Crippen LogP contribution in [0.3, 0.4) is 0 Å². The Hall–Kier alpha value is -0.810. The van der Waals surface area contributed by atoms with Crippen LogP contribution in [0.5, 0.6) is 0 Å². The summed E-state index contributed by atoms with van der Waals surface area (Å²) >= 11 is 4.89. The molecule has 1 aromatic heterocycles. The van der Waals surface area contributed by atoms with Crippen LogP contribution < -0.4 is 5.32 Å². The van der Waals surface area contributed by atoms with Gasteiger partial charge in [0.15, 0.2) is 0 Å². The lowest BCUT2D eigenvalue weighted by atomic mass is 10.5. The standard InChI is InChI=1S/C8H8BrNO2S/c9-6-4-7(13-5-6)10-3-1-2-8(11)12/h1-2,4-5,10H,3H2,(H,11,12)/b2-1+. The van der Waals surface area contributed by atoms with Crippen molar-refractivity contribution in [3.05, 3.63) is 28.1 Å². The highest BCUT2D eigenvalue weighted by molar-refractivity contribution is 9.10. The molecule has 2 N–H and O–H groups in total. The van der Waals surface area contributed by atoms with E-state index in [1.54, 1.807) is 17.4 Å². The summed E-state index contributed by atoms with van der Waals surface area (Å²) in [4.78, 5) is 10.1. The van der Waals surface area contributed by atoms with Crippen LogP contribution >= 0.6 is 27.3 Å². The Balaban J connectivity index is 2.31. The largest absolute Gasteiger partial charge is 0.478 e. The molecule has 1 rings (SSSR count). The average Bonchev–Trinajstić information content (AvgIpc) is 2.45. The van der Waals surface area contributed by atoms with Gasteiger partial charge in [0.05, 0.1) is 5.00 Å². The molecule has 0 spiro atoms. The number of halogens is 1. The lowest BCUT2D eigenvalue weighted by Crippen LogP contribution is -1.97. The molecule has 0 fully saturated rings. The number of carboxylic acids is 1. The van der Waals surface area contributed by atoms with Crippen molar-refractivity contribution in [3.63, 3.8) is 0 Å². The second kappa shape index (κ2) is 5.04. The van der Waals surface area contributed by atoms with Gasteiger partial charge in [-0.25, -0.2) is 4.79 Å². The van der Waals surface area contributed by atoms with Crippen LogP contribution in [0.15, 0.2) is 28.1 Å². The molecule has 13 heavy (non-hydrogen) atoms. The molecule has 0 aliphatic rings. The van der Waals surface area contributed by atoms with Crippen LogP contribution in [0.4, 0.5) is 5.00 Å². The number of carbonyl (C=O) groups is 1. The summed E-state index contributed by atoms with van der Waals surface area (Å²) < 4.78 is 1.03. The normalized spacial score (nSPS) is 10.5. The van der Waals surface area contributed by atoms with Crippen LogP contribution in [0.1, 0.15) is 0 Å². The number of hydrogen-bond donors (Lipinski definition) is 2. The molecule has 70 valence electrons. The Morgan fingerprint density at radius 1 is 1.77 bits per heavy atom. The second-order valence-corrected chi connectivity index (χ2v) is 4.08. The third-order valence-corrected chi connectivity index (χ3v) is 2.87. The number of aliphatic carboxylic acids is 1. The van der Waals surface area contributed by atoms with Crippen molar-refractivity contribution in [3.8, 4) is 0 Å². The first-order valence-corrected chi connectivity index (χ1v) is 5.23. The summed E-state index contributed by atoms with van der Waals surface area (Å²) in [5, 5.41) is 14.3. The summed E-state index contributed by atoms with van der Waals surface area (Å²) in [7, 11) is 0. The number of carboxylic acid groups (broad SMARTS) is 1. The van der Waals surface area contributed by atoms with E-state index < -0.39 is 5.97 Å². The minimum atomic E-state index is -0.922. The van der Waals surface area contributed by atoms with Crippen LogP contribution in [-0.2, 0) is 4.79 Å². The molecule has 0 radical (unpaired) electrons. The van der Waals surface area contributed by atoms with Gasteiger partial charge >= 0.3 is 5.97 Å². The molecule has 0 unspecified atom stereocenters. The highest BCUT2D eigenvalue weighted by Gasteiger charge is 1.93. The topological polar surface area (TPSA) is 49.3 Å². The molecule has 5 heteroatoms. The van der Waals surface area contributed by atoms with Gasteiger partial charge in [0.1, 0.15) is 0 Å². The highest BCUT2D eigenvalue weighted by Crippen LogP contribution is 2.23. The molecular formula is C8H8BrNO2S. The van der Waals surface area contributed by atoms with E-state index in [0.29, 0.717) is 6.54 Å². The molecule has 3 nitrogen and oxygen atoms in total. The molecule has 0 bridgehead atoms. The van der Waals surface area contributed by atoms with Crippen LogP contribution in [0.25, 0.3) is 0 Å². The number of hydrogen-bond acceptors (Lipinski definition) is 3. The second-order valence-electron chi connectivity index (χ2n) is 2.25. The van der Waals surface area contributed by atoms with Gasteiger partial charge < -0.3 is 10.4 Å². The monoisotopic (exact) mass is 261 g/mol. The van der Waals surface area contributed by atoms with E-state index in [2.05, 4.69) is 21.2 Å².